The minimum absolute atomic E-state index is 0.00674. The normalized spacial score (nSPS) is 14.7. The fraction of sp³-hybridized carbons (Fsp3) is 0.350. The summed E-state index contributed by atoms with van der Waals surface area (Å²) >= 11 is 0. The average Bonchev–Trinajstić information content (AvgIpc) is 2.60. The molecule has 24 heavy (non-hydrogen) atoms. The van der Waals surface area contributed by atoms with E-state index in [0.717, 1.165) is 16.7 Å². The monoisotopic (exact) mass is 327 g/mol. The predicted molar refractivity (Wildman–Crippen MR) is 94.4 cm³/mol. The molecule has 4 heteroatoms. The molecule has 2 N–H and O–H groups in total. The lowest BCUT2D eigenvalue weighted by Crippen LogP contribution is -2.39. The van der Waals surface area contributed by atoms with E-state index in [-0.39, 0.29) is 18.4 Å². The van der Waals surface area contributed by atoms with E-state index in [9.17, 15) is 15.0 Å². The summed E-state index contributed by atoms with van der Waals surface area (Å²) < 4.78 is 0. The number of hydrogen-bond acceptors (Lipinski definition) is 3. The number of carbonyl (C=O) groups excluding carboxylic acids is 1. The van der Waals surface area contributed by atoms with Gasteiger partial charge in [0.15, 0.2) is 0 Å². The number of hydrogen-bond donors (Lipinski definition) is 2. The van der Waals surface area contributed by atoms with Crippen molar-refractivity contribution >= 4 is 5.91 Å². The van der Waals surface area contributed by atoms with Crippen LogP contribution in [-0.4, -0.2) is 34.1 Å². The van der Waals surface area contributed by atoms with E-state index in [2.05, 4.69) is 0 Å². The van der Waals surface area contributed by atoms with E-state index in [0.29, 0.717) is 0 Å². The lowest BCUT2D eigenvalue weighted by atomic mass is 9.99. The van der Waals surface area contributed by atoms with Crippen LogP contribution in [0.15, 0.2) is 54.6 Å². The average molecular weight is 327 g/mol. The summed E-state index contributed by atoms with van der Waals surface area (Å²) in [5.74, 6) is -0.201. The van der Waals surface area contributed by atoms with Crippen molar-refractivity contribution in [2.45, 2.75) is 38.5 Å². The van der Waals surface area contributed by atoms with Crippen LogP contribution >= 0.6 is 0 Å². The van der Waals surface area contributed by atoms with Crippen LogP contribution in [0.4, 0.5) is 0 Å². The molecule has 0 fully saturated rings. The van der Waals surface area contributed by atoms with Crippen molar-refractivity contribution in [2.24, 2.45) is 0 Å². The molecule has 0 radical (unpaired) electrons. The highest BCUT2D eigenvalue weighted by Crippen LogP contribution is 2.24. The first-order valence-corrected chi connectivity index (χ1v) is 8.14. The molecule has 0 unspecified atom stereocenters. The summed E-state index contributed by atoms with van der Waals surface area (Å²) in [4.78, 5) is 14.0. The van der Waals surface area contributed by atoms with Crippen molar-refractivity contribution in [3.8, 4) is 0 Å². The maximum absolute atomic E-state index is 12.5. The van der Waals surface area contributed by atoms with E-state index < -0.39 is 12.2 Å². The third-order valence-electron chi connectivity index (χ3n) is 4.52. The van der Waals surface area contributed by atoms with Gasteiger partial charge in [-0.25, -0.2) is 0 Å². The molecular formula is C20H25NO3. The Morgan fingerprint density at radius 2 is 1.62 bits per heavy atom. The standard InChI is InChI=1S/C20H25NO3/c1-14-9-7-8-12-17(14)18(22)13-19(23)21(3)15(2)20(24)16-10-5-4-6-11-16/h4-12,15,18,20,22,24H,13H2,1-3H3/t15-,18+,20+/m0/s1. The minimum atomic E-state index is -0.845. The molecule has 1 amide bonds. The van der Waals surface area contributed by atoms with E-state index in [1.165, 1.54) is 4.90 Å². The van der Waals surface area contributed by atoms with Crippen LogP contribution in [0.2, 0.25) is 0 Å². The van der Waals surface area contributed by atoms with Gasteiger partial charge in [-0.2, -0.15) is 0 Å². The molecular weight excluding hydrogens is 302 g/mol. The molecule has 0 heterocycles. The van der Waals surface area contributed by atoms with Gasteiger partial charge in [0, 0.05) is 7.05 Å². The van der Waals surface area contributed by atoms with Crippen molar-refractivity contribution in [1.82, 2.24) is 4.90 Å². The molecule has 2 aromatic rings. The van der Waals surface area contributed by atoms with Gasteiger partial charge in [-0.05, 0) is 30.5 Å². The highest BCUT2D eigenvalue weighted by molar-refractivity contribution is 5.77. The second kappa shape index (κ2) is 8.08. The zero-order valence-electron chi connectivity index (χ0n) is 14.4. The van der Waals surface area contributed by atoms with Crippen LogP contribution in [0.5, 0.6) is 0 Å². The third-order valence-corrected chi connectivity index (χ3v) is 4.52. The molecule has 2 rings (SSSR count). The topological polar surface area (TPSA) is 60.8 Å². The second-order valence-corrected chi connectivity index (χ2v) is 6.18. The van der Waals surface area contributed by atoms with Crippen molar-refractivity contribution in [2.75, 3.05) is 7.05 Å². The number of benzene rings is 2. The summed E-state index contributed by atoms with van der Waals surface area (Å²) in [6.07, 6.45) is -1.62. The number of amides is 1. The van der Waals surface area contributed by atoms with Crippen molar-refractivity contribution < 1.29 is 15.0 Å². The lowest BCUT2D eigenvalue weighted by Gasteiger charge is -2.30. The highest BCUT2D eigenvalue weighted by atomic mass is 16.3. The largest absolute Gasteiger partial charge is 0.388 e. The molecule has 0 aromatic heterocycles. The van der Waals surface area contributed by atoms with Gasteiger partial charge in [-0.15, -0.1) is 0 Å². The van der Waals surface area contributed by atoms with Crippen LogP contribution < -0.4 is 0 Å². The Kier molecular flexibility index (Phi) is 6.12. The van der Waals surface area contributed by atoms with Crippen LogP contribution in [-0.2, 0) is 4.79 Å². The molecule has 0 saturated carbocycles. The first kappa shape index (κ1) is 18.2. The quantitative estimate of drug-likeness (QED) is 0.857. The summed E-state index contributed by atoms with van der Waals surface area (Å²) in [6, 6.07) is 16.4. The molecule has 0 aliphatic rings. The number of aliphatic hydroxyl groups is 2. The summed E-state index contributed by atoms with van der Waals surface area (Å²) in [7, 11) is 1.66. The van der Waals surface area contributed by atoms with E-state index in [4.69, 9.17) is 0 Å². The zero-order valence-corrected chi connectivity index (χ0v) is 14.4. The van der Waals surface area contributed by atoms with Crippen LogP contribution in [0, 0.1) is 6.92 Å². The molecule has 4 nitrogen and oxygen atoms in total. The molecule has 0 aliphatic heterocycles. The van der Waals surface area contributed by atoms with Gasteiger partial charge in [0.1, 0.15) is 0 Å². The molecule has 2 aromatic carbocycles. The van der Waals surface area contributed by atoms with Crippen LogP contribution in [0.3, 0.4) is 0 Å². The Hall–Kier alpha value is -2.17. The second-order valence-electron chi connectivity index (χ2n) is 6.18. The van der Waals surface area contributed by atoms with Crippen molar-refractivity contribution in [3.63, 3.8) is 0 Å². The van der Waals surface area contributed by atoms with Gasteiger partial charge in [0.2, 0.25) is 5.91 Å². The minimum Gasteiger partial charge on any atom is -0.388 e. The summed E-state index contributed by atoms with van der Waals surface area (Å²) in [5.41, 5.74) is 2.48. The van der Waals surface area contributed by atoms with Crippen molar-refractivity contribution in [3.05, 3.63) is 71.3 Å². The fourth-order valence-electron chi connectivity index (χ4n) is 2.75. The SMILES string of the molecule is Cc1ccccc1[C@H](O)CC(=O)N(C)[C@@H](C)[C@@H](O)c1ccccc1. The smallest absolute Gasteiger partial charge is 0.225 e. The van der Waals surface area contributed by atoms with Gasteiger partial charge in [-0.1, -0.05) is 54.6 Å². The number of carbonyl (C=O) groups is 1. The predicted octanol–water partition coefficient (Wildman–Crippen LogP) is 3.00. The Morgan fingerprint density at radius 3 is 2.25 bits per heavy atom. The molecule has 0 spiro atoms. The maximum Gasteiger partial charge on any atom is 0.225 e. The van der Waals surface area contributed by atoms with E-state index in [1.807, 2.05) is 61.5 Å². The number of rotatable bonds is 6. The number of nitrogens with zero attached hydrogens (tertiary/aromatic N) is 1. The van der Waals surface area contributed by atoms with Crippen molar-refractivity contribution in [1.29, 1.82) is 0 Å². The Morgan fingerprint density at radius 1 is 1.04 bits per heavy atom. The maximum atomic E-state index is 12.5. The number of aliphatic hydroxyl groups excluding tert-OH is 2. The molecule has 0 saturated heterocycles. The Labute approximate surface area is 143 Å². The first-order valence-electron chi connectivity index (χ1n) is 8.14. The Balaban J connectivity index is 2.02. The molecule has 3 atom stereocenters. The molecule has 0 bridgehead atoms. The summed E-state index contributed by atoms with van der Waals surface area (Å²) in [6.45, 7) is 3.71. The van der Waals surface area contributed by atoms with Gasteiger partial charge >= 0.3 is 0 Å². The van der Waals surface area contributed by atoms with Gasteiger partial charge in [-0.3, -0.25) is 4.79 Å². The Bertz CT molecular complexity index is 672. The fourth-order valence-corrected chi connectivity index (χ4v) is 2.75. The zero-order chi connectivity index (χ0) is 17.7. The summed E-state index contributed by atoms with van der Waals surface area (Å²) in [5, 5.41) is 20.8. The van der Waals surface area contributed by atoms with Gasteiger partial charge < -0.3 is 15.1 Å². The van der Waals surface area contributed by atoms with E-state index in [1.54, 1.807) is 14.0 Å². The third kappa shape index (κ3) is 4.22. The van der Waals surface area contributed by atoms with E-state index >= 15 is 0 Å². The van der Waals surface area contributed by atoms with Crippen LogP contribution in [0.25, 0.3) is 0 Å². The van der Waals surface area contributed by atoms with Crippen LogP contribution in [0.1, 0.15) is 42.2 Å². The van der Waals surface area contributed by atoms with Gasteiger partial charge in [0.25, 0.3) is 0 Å². The molecule has 128 valence electrons. The highest BCUT2D eigenvalue weighted by Gasteiger charge is 2.26. The first-order chi connectivity index (χ1) is 11.4. The lowest BCUT2D eigenvalue weighted by molar-refractivity contribution is -0.136. The molecule has 0 aliphatic carbocycles. The number of likely N-dealkylation sites (N-methyl/N-ethyl adjacent to an activating group) is 1. The van der Waals surface area contributed by atoms with Gasteiger partial charge in [0.05, 0.1) is 24.7 Å². The number of aryl methyl sites for hydroxylation is 1.